The summed E-state index contributed by atoms with van der Waals surface area (Å²) in [5.74, 6) is -0.418. The van der Waals surface area contributed by atoms with Gasteiger partial charge in [0, 0.05) is 0 Å². The maximum atomic E-state index is 11.7. The quantitative estimate of drug-likeness (QED) is 0.332. The number of carbonyl (C=O) groups is 1. The van der Waals surface area contributed by atoms with Crippen molar-refractivity contribution in [3.05, 3.63) is 29.8 Å². The molecule has 0 amide bonds. The molecule has 0 aliphatic carbocycles. The lowest BCUT2D eigenvalue weighted by Crippen LogP contribution is -2.37. The molecule has 0 N–H and O–H groups in total. The fourth-order valence-corrected chi connectivity index (χ4v) is 2.83. The first-order chi connectivity index (χ1) is 8.95. The smallest absolute Gasteiger partial charge is 0.293 e. The van der Waals surface area contributed by atoms with Crippen LogP contribution in [-0.4, -0.2) is 20.7 Å². The van der Waals surface area contributed by atoms with Gasteiger partial charge in [-0.05, 0) is 18.6 Å². The van der Waals surface area contributed by atoms with Gasteiger partial charge in [0.25, 0.3) is 0 Å². The summed E-state index contributed by atoms with van der Waals surface area (Å²) in [5, 5.41) is 1.33. The highest BCUT2D eigenvalue weighted by Gasteiger charge is 2.17. The SMILES string of the molecule is CCCCCOOC(=O)c1ccc([Si](C)(C)C)cc1. The molecule has 0 saturated carbocycles. The molecule has 4 heteroatoms. The molecule has 0 atom stereocenters. The van der Waals surface area contributed by atoms with Gasteiger partial charge in [0.05, 0.1) is 20.2 Å². The van der Waals surface area contributed by atoms with Crippen LogP contribution in [0.15, 0.2) is 24.3 Å². The summed E-state index contributed by atoms with van der Waals surface area (Å²) in [5.41, 5.74) is 0.539. The van der Waals surface area contributed by atoms with E-state index in [1.165, 1.54) is 5.19 Å². The fourth-order valence-electron chi connectivity index (χ4n) is 1.66. The lowest BCUT2D eigenvalue weighted by molar-refractivity contribution is -0.241. The van der Waals surface area contributed by atoms with Crippen LogP contribution in [0.1, 0.15) is 36.5 Å². The van der Waals surface area contributed by atoms with Gasteiger partial charge in [-0.1, -0.05) is 56.7 Å². The summed E-state index contributed by atoms with van der Waals surface area (Å²) in [6, 6.07) is 7.65. The van der Waals surface area contributed by atoms with Gasteiger partial charge in [-0.3, -0.25) is 4.89 Å². The maximum Gasteiger partial charge on any atom is 0.373 e. The van der Waals surface area contributed by atoms with E-state index in [0.29, 0.717) is 12.2 Å². The zero-order valence-corrected chi connectivity index (χ0v) is 13.4. The van der Waals surface area contributed by atoms with Gasteiger partial charge in [0.2, 0.25) is 0 Å². The minimum Gasteiger partial charge on any atom is -0.293 e. The number of benzene rings is 1. The van der Waals surface area contributed by atoms with Crippen LogP contribution in [-0.2, 0) is 9.78 Å². The second kappa shape index (κ2) is 7.45. The Bertz CT molecular complexity index is 393. The van der Waals surface area contributed by atoms with Crippen molar-refractivity contribution in [2.45, 2.75) is 45.8 Å². The Morgan fingerprint density at radius 2 is 1.74 bits per heavy atom. The van der Waals surface area contributed by atoms with Gasteiger partial charge in [-0.2, -0.15) is 4.89 Å². The minimum absolute atomic E-state index is 0.418. The summed E-state index contributed by atoms with van der Waals surface area (Å²) in [6.07, 6.45) is 3.12. The van der Waals surface area contributed by atoms with Gasteiger partial charge in [-0.15, -0.1) is 0 Å². The van der Waals surface area contributed by atoms with E-state index in [4.69, 9.17) is 9.78 Å². The first-order valence-corrected chi connectivity index (χ1v) is 10.4. The molecule has 0 saturated heterocycles. The monoisotopic (exact) mass is 280 g/mol. The molecule has 0 aliphatic heterocycles. The summed E-state index contributed by atoms with van der Waals surface area (Å²) < 4.78 is 0. The fraction of sp³-hybridized carbons (Fsp3) is 0.533. The number of carbonyl (C=O) groups excluding carboxylic acids is 1. The van der Waals surface area contributed by atoms with Crippen molar-refractivity contribution in [2.75, 3.05) is 6.61 Å². The molecule has 0 bridgehead atoms. The lowest BCUT2D eigenvalue weighted by Gasteiger charge is -2.16. The third-order valence-corrected chi connectivity index (χ3v) is 5.02. The van der Waals surface area contributed by atoms with Gasteiger partial charge >= 0.3 is 5.97 Å². The maximum absolute atomic E-state index is 11.7. The molecule has 3 nitrogen and oxygen atoms in total. The van der Waals surface area contributed by atoms with Crippen LogP contribution >= 0.6 is 0 Å². The van der Waals surface area contributed by atoms with Gasteiger partial charge in [0.1, 0.15) is 0 Å². The number of hydrogen-bond donors (Lipinski definition) is 0. The van der Waals surface area contributed by atoms with Crippen LogP contribution in [0, 0.1) is 0 Å². The minimum atomic E-state index is -1.31. The predicted octanol–water partition coefficient (Wildman–Crippen LogP) is 3.51. The Kier molecular flexibility index (Phi) is 6.25. The van der Waals surface area contributed by atoms with E-state index >= 15 is 0 Å². The van der Waals surface area contributed by atoms with Gasteiger partial charge < -0.3 is 0 Å². The number of rotatable bonds is 7. The summed E-state index contributed by atoms with van der Waals surface area (Å²) >= 11 is 0. The van der Waals surface area contributed by atoms with E-state index in [0.717, 1.165) is 19.3 Å². The van der Waals surface area contributed by atoms with E-state index in [-0.39, 0.29) is 0 Å². The van der Waals surface area contributed by atoms with Crippen molar-refractivity contribution >= 4 is 19.2 Å². The second-order valence-corrected chi connectivity index (χ2v) is 10.8. The molecule has 0 spiro atoms. The molecular formula is C15H24O3Si. The van der Waals surface area contributed by atoms with Crippen LogP contribution < -0.4 is 5.19 Å². The van der Waals surface area contributed by atoms with Gasteiger partial charge in [0.15, 0.2) is 0 Å². The predicted molar refractivity (Wildman–Crippen MR) is 80.3 cm³/mol. The van der Waals surface area contributed by atoms with Crippen molar-refractivity contribution in [1.29, 1.82) is 0 Å². The Hall–Kier alpha value is -1.13. The molecular weight excluding hydrogens is 256 g/mol. The molecule has 0 fully saturated rings. The van der Waals surface area contributed by atoms with Crippen LogP contribution in [0.4, 0.5) is 0 Å². The molecule has 19 heavy (non-hydrogen) atoms. The van der Waals surface area contributed by atoms with E-state index in [1.54, 1.807) is 0 Å². The zero-order chi connectivity index (χ0) is 14.3. The van der Waals surface area contributed by atoms with Crippen LogP contribution in [0.3, 0.4) is 0 Å². The van der Waals surface area contributed by atoms with Crippen molar-refractivity contribution in [2.24, 2.45) is 0 Å². The standard InChI is InChI=1S/C15H24O3Si/c1-5-6-7-12-17-18-15(16)13-8-10-14(11-9-13)19(2,3)4/h8-11H,5-7,12H2,1-4H3. The Labute approximate surface area is 116 Å². The number of unbranched alkanes of at least 4 members (excludes halogenated alkanes) is 2. The second-order valence-electron chi connectivity index (χ2n) is 5.73. The Morgan fingerprint density at radius 1 is 1.11 bits per heavy atom. The highest BCUT2D eigenvalue weighted by Crippen LogP contribution is 2.06. The molecule has 0 heterocycles. The molecule has 1 aromatic rings. The van der Waals surface area contributed by atoms with Crippen LogP contribution in [0.2, 0.25) is 19.6 Å². The average Bonchev–Trinajstić information content (AvgIpc) is 2.37. The summed E-state index contributed by atoms with van der Waals surface area (Å²) in [7, 11) is -1.31. The third-order valence-electron chi connectivity index (χ3n) is 2.95. The normalized spacial score (nSPS) is 11.4. The first kappa shape index (κ1) is 15.9. The van der Waals surface area contributed by atoms with Crippen molar-refractivity contribution in [3.8, 4) is 0 Å². The van der Waals surface area contributed by atoms with E-state index in [9.17, 15) is 4.79 Å². The average molecular weight is 280 g/mol. The first-order valence-electron chi connectivity index (χ1n) is 6.89. The van der Waals surface area contributed by atoms with Gasteiger partial charge in [-0.25, -0.2) is 4.79 Å². The molecule has 0 unspecified atom stereocenters. The van der Waals surface area contributed by atoms with E-state index in [2.05, 4.69) is 26.6 Å². The van der Waals surface area contributed by atoms with E-state index in [1.807, 2.05) is 24.3 Å². The highest BCUT2D eigenvalue weighted by molar-refractivity contribution is 6.88. The third kappa shape index (κ3) is 5.57. The van der Waals surface area contributed by atoms with E-state index < -0.39 is 14.0 Å². The lowest BCUT2D eigenvalue weighted by atomic mass is 10.2. The molecule has 0 aliphatic rings. The van der Waals surface area contributed by atoms with Crippen molar-refractivity contribution in [1.82, 2.24) is 0 Å². The molecule has 1 aromatic carbocycles. The highest BCUT2D eigenvalue weighted by atomic mass is 28.3. The molecule has 0 radical (unpaired) electrons. The Balaban J connectivity index is 2.45. The zero-order valence-electron chi connectivity index (χ0n) is 12.4. The largest absolute Gasteiger partial charge is 0.373 e. The summed E-state index contributed by atoms with van der Waals surface area (Å²) in [4.78, 5) is 21.4. The number of hydrogen-bond acceptors (Lipinski definition) is 3. The van der Waals surface area contributed by atoms with Crippen LogP contribution in [0.5, 0.6) is 0 Å². The molecule has 106 valence electrons. The van der Waals surface area contributed by atoms with Crippen molar-refractivity contribution < 1.29 is 14.6 Å². The van der Waals surface area contributed by atoms with Crippen LogP contribution in [0.25, 0.3) is 0 Å². The molecule has 0 aromatic heterocycles. The molecule has 1 rings (SSSR count). The Morgan fingerprint density at radius 3 is 2.26 bits per heavy atom. The van der Waals surface area contributed by atoms with Crippen molar-refractivity contribution in [3.63, 3.8) is 0 Å². The summed E-state index contributed by atoms with van der Waals surface area (Å²) in [6.45, 7) is 9.41. The topological polar surface area (TPSA) is 35.5 Å².